The summed E-state index contributed by atoms with van der Waals surface area (Å²) in [6, 6.07) is 5.10. The lowest BCUT2D eigenvalue weighted by Gasteiger charge is -2.09. The Balaban J connectivity index is 2.08. The molecule has 2 N–H and O–H groups in total. The van der Waals surface area contributed by atoms with E-state index < -0.39 is 10.8 Å². The van der Waals surface area contributed by atoms with Gasteiger partial charge < -0.3 is 10.5 Å². The third-order valence-corrected chi connectivity index (χ3v) is 4.50. The molecule has 0 aliphatic carbocycles. The van der Waals surface area contributed by atoms with Gasteiger partial charge in [-0.15, -0.1) is 0 Å². The highest BCUT2D eigenvalue weighted by molar-refractivity contribution is 7.85. The minimum absolute atomic E-state index is 0.385. The van der Waals surface area contributed by atoms with E-state index in [0.29, 0.717) is 33.9 Å². The summed E-state index contributed by atoms with van der Waals surface area (Å²) in [6.45, 7) is 1.48. The lowest BCUT2D eigenvalue weighted by Crippen LogP contribution is -2.12. The maximum atomic E-state index is 12.1. The normalized spacial score (nSPS) is 22.2. The molecular formula is C11H14ClNO2S. The van der Waals surface area contributed by atoms with Crippen molar-refractivity contribution in [1.82, 2.24) is 0 Å². The van der Waals surface area contributed by atoms with Gasteiger partial charge >= 0.3 is 0 Å². The molecule has 16 heavy (non-hydrogen) atoms. The maximum Gasteiger partial charge on any atom is 0.0618 e. The highest BCUT2D eigenvalue weighted by atomic mass is 35.5. The average molecular weight is 260 g/mol. The van der Waals surface area contributed by atoms with Crippen molar-refractivity contribution in [3.8, 4) is 0 Å². The Hall–Kier alpha value is -0.580. The topological polar surface area (TPSA) is 52.3 Å². The Labute approximate surface area is 102 Å². The molecule has 0 radical (unpaired) electrons. The van der Waals surface area contributed by atoms with Gasteiger partial charge in [0.15, 0.2) is 0 Å². The second kappa shape index (κ2) is 5.17. The van der Waals surface area contributed by atoms with Crippen LogP contribution in [0.3, 0.4) is 0 Å². The Morgan fingerprint density at radius 3 is 3.00 bits per heavy atom. The molecule has 0 spiro atoms. The molecule has 0 amide bonds. The van der Waals surface area contributed by atoms with Gasteiger partial charge in [-0.05, 0) is 30.5 Å². The Kier molecular flexibility index (Phi) is 3.84. The van der Waals surface area contributed by atoms with Crippen molar-refractivity contribution in [2.24, 2.45) is 5.92 Å². The van der Waals surface area contributed by atoms with Crippen LogP contribution in [-0.4, -0.2) is 23.2 Å². The quantitative estimate of drug-likeness (QED) is 0.846. The van der Waals surface area contributed by atoms with Gasteiger partial charge in [0.05, 0.1) is 22.3 Å². The van der Waals surface area contributed by atoms with Crippen LogP contribution < -0.4 is 5.73 Å². The van der Waals surface area contributed by atoms with Crippen LogP contribution >= 0.6 is 11.6 Å². The van der Waals surface area contributed by atoms with Crippen molar-refractivity contribution in [3.63, 3.8) is 0 Å². The van der Waals surface area contributed by atoms with Crippen LogP contribution in [0, 0.1) is 5.92 Å². The Morgan fingerprint density at radius 1 is 1.56 bits per heavy atom. The van der Waals surface area contributed by atoms with E-state index in [1.165, 1.54) is 0 Å². The van der Waals surface area contributed by atoms with Gasteiger partial charge in [0.25, 0.3) is 0 Å². The van der Waals surface area contributed by atoms with Crippen LogP contribution in [0.1, 0.15) is 6.42 Å². The number of ether oxygens (including phenoxy) is 1. The van der Waals surface area contributed by atoms with Gasteiger partial charge in [0, 0.05) is 23.1 Å². The zero-order valence-electron chi connectivity index (χ0n) is 8.82. The van der Waals surface area contributed by atoms with Crippen LogP contribution in [0.5, 0.6) is 0 Å². The predicted molar refractivity (Wildman–Crippen MR) is 66.1 cm³/mol. The van der Waals surface area contributed by atoms with Gasteiger partial charge in [-0.25, -0.2) is 0 Å². The molecule has 0 saturated carbocycles. The molecule has 1 aromatic carbocycles. The number of halogens is 1. The van der Waals surface area contributed by atoms with Crippen LogP contribution in [0.25, 0.3) is 0 Å². The first kappa shape index (κ1) is 11.9. The molecule has 88 valence electrons. The fourth-order valence-corrected chi connectivity index (χ4v) is 3.34. The second-order valence-corrected chi connectivity index (χ2v) is 5.82. The summed E-state index contributed by atoms with van der Waals surface area (Å²) < 4.78 is 17.3. The van der Waals surface area contributed by atoms with Crippen LogP contribution in [0.2, 0.25) is 5.02 Å². The van der Waals surface area contributed by atoms with Crippen molar-refractivity contribution in [3.05, 3.63) is 23.2 Å². The van der Waals surface area contributed by atoms with Gasteiger partial charge in [-0.1, -0.05) is 11.6 Å². The lowest BCUT2D eigenvalue weighted by atomic mass is 10.2. The third-order valence-electron chi connectivity index (χ3n) is 2.63. The summed E-state index contributed by atoms with van der Waals surface area (Å²) in [7, 11) is -1.06. The summed E-state index contributed by atoms with van der Waals surface area (Å²) in [5.41, 5.74) is 6.29. The van der Waals surface area contributed by atoms with Gasteiger partial charge in [0.2, 0.25) is 0 Å². The number of benzene rings is 1. The first-order chi connectivity index (χ1) is 7.66. The van der Waals surface area contributed by atoms with Gasteiger partial charge in [-0.2, -0.15) is 0 Å². The zero-order valence-corrected chi connectivity index (χ0v) is 10.4. The summed E-state index contributed by atoms with van der Waals surface area (Å²) in [5, 5.41) is 0.572. The van der Waals surface area contributed by atoms with Crippen molar-refractivity contribution >= 4 is 28.1 Å². The highest BCUT2D eigenvalue weighted by Gasteiger charge is 2.20. The Morgan fingerprint density at radius 2 is 2.38 bits per heavy atom. The number of nitrogens with two attached hydrogens (primary N) is 1. The Bertz CT molecular complexity index is 405. The molecule has 1 heterocycles. The molecule has 2 rings (SSSR count). The monoisotopic (exact) mass is 259 g/mol. The molecule has 2 atom stereocenters. The highest BCUT2D eigenvalue weighted by Crippen LogP contribution is 2.24. The predicted octanol–water partition coefficient (Wildman–Crippen LogP) is 2.07. The van der Waals surface area contributed by atoms with E-state index in [0.717, 1.165) is 13.0 Å². The molecule has 1 fully saturated rings. The summed E-state index contributed by atoms with van der Waals surface area (Å²) >= 11 is 5.79. The lowest BCUT2D eigenvalue weighted by molar-refractivity contribution is 0.189. The molecule has 2 unspecified atom stereocenters. The van der Waals surface area contributed by atoms with E-state index in [1.54, 1.807) is 18.2 Å². The molecule has 1 aliphatic rings. The van der Waals surface area contributed by atoms with E-state index in [1.807, 2.05) is 0 Å². The third kappa shape index (κ3) is 2.75. The summed E-state index contributed by atoms with van der Waals surface area (Å²) in [4.78, 5) is 0.677. The van der Waals surface area contributed by atoms with Crippen LogP contribution in [0.15, 0.2) is 23.1 Å². The fourth-order valence-electron chi connectivity index (χ4n) is 1.75. The smallest absolute Gasteiger partial charge is 0.0618 e. The van der Waals surface area contributed by atoms with Crippen molar-refractivity contribution in [1.29, 1.82) is 0 Å². The van der Waals surface area contributed by atoms with E-state index in [9.17, 15) is 4.21 Å². The van der Waals surface area contributed by atoms with E-state index in [2.05, 4.69) is 0 Å². The molecule has 0 aromatic heterocycles. The van der Waals surface area contributed by atoms with E-state index >= 15 is 0 Å². The summed E-state index contributed by atoms with van der Waals surface area (Å²) in [6.07, 6.45) is 0.985. The zero-order chi connectivity index (χ0) is 11.5. The van der Waals surface area contributed by atoms with Crippen LogP contribution in [0.4, 0.5) is 5.69 Å². The molecule has 1 aliphatic heterocycles. The minimum atomic E-state index is -1.06. The van der Waals surface area contributed by atoms with E-state index in [-0.39, 0.29) is 0 Å². The first-order valence-corrected chi connectivity index (χ1v) is 6.87. The molecule has 0 bridgehead atoms. The molecule has 1 saturated heterocycles. The van der Waals surface area contributed by atoms with Crippen LogP contribution in [-0.2, 0) is 15.5 Å². The minimum Gasteiger partial charge on any atom is -0.398 e. The average Bonchev–Trinajstić information content (AvgIpc) is 2.70. The van der Waals surface area contributed by atoms with Crippen molar-refractivity contribution in [2.75, 3.05) is 24.7 Å². The SMILES string of the molecule is Nc1cc(Cl)ccc1S(=O)CC1CCOC1. The fraction of sp³-hybridized carbons (Fsp3) is 0.455. The number of nitrogen functional groups attached to an aromatic ring is 1. The number of hydrogen-bond donors (Lipinski definition) is 1. The molecule has 3 nitrogen and oxygen atoms in total. The largest absolute Gasteiger partial charge is 0.398 e. The maximum absolute atomic E-state index is 12.1. The van der Waals surface area contributed by atoms with Gasteiger partial charge in [0.1, 0.15) is 0 Å². The van der Waals surface area contributed by atoms with Crippen molar-refractivity contribution < 1.29 is 8.95 Å². The number of anilines is 1. The number of hydrogen-bond acceptors (Lipinski definition) is 3. The molecular weight excluding hydrogens is 246 g/mol. The summed E-state index contributed by atoms with van der Waals surface area (Å²) in [5.74, 6) is 1.00. The number of rotatable bonds is 3. The van der Waals surface area contributed by atoms with Crippen molar-refractivity contribution in [2.45, 2.75) is 11.3 Å². The molecule has 5 heteroatoms. The standard InChI is InChI=1S/C11H14ClNO2S/c12-9-1-2-11(10(13)5-9)16(14)7-8-3-4-15-6-8/h1-2,5,8H,3-4,6-7,13H2. The second-order valence-electron chi connectivity index (χ2n) is 3.92. The first-order valence-electron chi connectivity index (χ1n) is 5.18. The van der Waals surface area contributed by atoms with Gasteiger partial charge in [-0.3, -0.25) is 4.21 Å². The van der Waals surface area contributed by atoms with E-state index in [4.69, 9.17) is 22.1 Å². The molecule has 1 aromatic rings.